The van der Waals surface area contributed by atoms with Crippen LogP contribution in [0.2, 0.25) is 0 Å². The standard InChI is InChI=1S/C12H17N3O3/c1-5-6-15-11(16)10(7-13-12(15)17)9(4)14-18-8(2)3/h5,7-8H,1,6H2,2-4H3,(H,13,17). The molecule has 6 heteroatoms. The van der Waals surface area contributed by atoms with E-state index in [0.717, 1.165) is 4.57 Å². The lowest BCUT2D eigenvalue weighted by Crippen LogP contribution is -2.37. The molecule has 0 amide bonds. The van der Waals surface area contributed by atoms with Crippen molar-refractivity contribution in [2.24, 2.45) is 5.16 Å². The number of H-pyrrole nitrogens is 1. The molecule has 0 aliphatic carbocycles. The van der Waals surface area contributed by atoms with Gasteiger partial charge >= 0.3 is 5.69 Å². The Morgan fingerprint density at radius 2 is 2.28 bits per heavy atom. The number of allylic oxidation sites excluding steroid dienone is 1. The molecule has 1 aromatic rings. The SMILES string of the molecule is C=CCn1c(=O)[nH]cc(C(C)=NOC(C)C)c1=O. The number of nitrogens with zero attached hydrogens (tertiary/aromatic N) is 2. The Labute approximate surface area is 105 Å². The zero-order valence-corrected chi connectivity index (χ0v) is 10.8. The van der Waals surface area contributed by atoms with Gasteiger partial charge in [0.25, 0.3) is 5.56 Å². The summed E-state index contributed by atoms with van der Waals surface area (Å²) in [6, 6.07) is 0. The van der Waals surface area contributed by atoms with Gasteiger partial charge in [0.15, 0.2) is 0 Å². The predicted molar refractivity (Wildman–Crippen MR) is 70.0 cm³/mol. The smallest absolute Gasteiger partial charge is 0.328 e. The fourth-order valence-corrected chi connectivity index (χ4v) is 1.30. The molecule has 0 spiro atoms. The Kier molecular flexibility index (Phi) is 4.65. The van der Waals surface area contributed by atoms with Crippen LogP contribution in [0.3, 0.4) is 0 Å². The van der Waals surface area contributed by atoms with E-state index in [1.165, 1.54) is 12.3 Å². The highest BCUT2D eigenvalue weighted by atomic mass is 16.6. The average Bonchev–Trinajstić information content (AvgIpc) is 2.31. The van der Waals surface area contributed by atoms with Crippen molar-refractivity contribution in [3.8, 4) is 0 Å². The second-order valence-corrected chi connectivity index (χ2v) is 4.04. The molecule has 0 saturated carbocycles. The van der Waals surface area contributed by atoms with Crippen LogP contribution in [0, 0.1) is 0 Å². The number of oxime groups is 1. The van der Waals surface area contributed by atoms with Gasteiger partial charge in [-0.25, -0.2) is 4.79 Å². The van der Waals surface area contributed by atoms with Crippen LogP contribution in [-0.2, 0) is 11.4 Å². The Bertz CT molecular complexity index is 567. The van der Waals surface area contributed by atoms with Crippen LogP contribution in [0.1, 0.15) is 26.3 Å². The van der Waals surface area contributed by atoms with E-state index >= 15 is 0 Å². The summed E-state index contributed by atoms with van der Waals surface area (Å²) in [7, 11) is 0. The van der Waals surface area contributed by atoms with Crippen molar-refractivity contribution in [1.82, 2.24) is 9.55 Å². The molecule has 0 radical (unpaired) electrons. The van der Waals surface area contributed by atoms with Crippen molar-refractivity contribution in [1.29, 1.82) is 0 Å². The minimum atomic E-state index is -0.471. The highest BCUT2D eigenvalue weighted by Crippen LogP contribution is 1.95. The van der Waals surface area contributed by atoms with E-state index in [1.54, 1.807) is 6.92 Å². The third kappa shape index (κ3) is 3.19. The largest absolute Gasteiger partial charge is 0.393 e. The molecule has 0 fully saturated rings. The van der Waals surface area contributed by atoms with Gasteiger partial charge < -0.3 is 9.82 Å². The summed E-state index contributed by atoms with van der Waals surface area (Å²) >= 11 is 0. The van der Waals surface area contributed by atoms with Gasteiger partial charge in [-0.05, 0) is 20.8 Å². The first-order chi connectivity index (χ1) is 8.47. The number of hydrogen-bond acceptors (Lipinski definition) is 4. The molecule has 1 aromatic heterocycles. The number of rotatable bonds is 5. The molecule has 0 aliphatic rings. The Morgan fingerprint density at radius 3 is 2.83 bits per heavy atom. The molecular weight excluding hydrogens is 234 g/mol. The third-order valence-corrected chi connectivity index (χ3v) is 2.16. The first-order valence-corrected chi connectivity index (χ1v) is 5.61. The van der Waals surface area contributed by atoms with Gasteiger partial charge in [-0.2, -0.15) is 0 Å². The van der Waals surface area contributed by atoms with Crippen molar-refractivity contribution in [2.45, 2.75) is 33.4 Å². The fourth-order valence-electron chi connectivity index (χ4n) is 1.30. The van der Waals surface area contributed by atoms with Crippen LogP contribution >= 0.6 is 0 Å². The molecule has 1 N–H and O–H groups in total. The highest BCUT2D eigenvalue weighted by molar-refractivity contribution is 5.97. The van der Waals surface area contributed by atoms with Crippen molar-refractivity contribution in [2.75, 3.05) is 0 Å². The molecule has 0 bridgehead atoms. The second-order valence-electron chi connectivity index (χ2n) is 4.04. The van der Waals surface area contributed by atoms with Gasteiger partial charge in [0, 0.05) is 12.7 Å². The van der Waals surface area contributed by atoms with Crippen LogP contribution in [-0.4, -0.2) is 21.4 Å². The van der Waals surface area contributed by atoms with Crippen LogP contribution < -0.4 is 11.2 Å². The number of aromatic nitrogens is 2. The van der Waals surface area contributed by atoms with Crippen LogP contribution in [0.4, 0.5) is 0 Å². The van der Waals surface area contributed by atoms with Crippen molar-refractivity contribution < 1.29 is 4.84 Å². The van der Waals surface area contributed by atoms with E-state index in [0.29, 0.717) is 11.3 Å². The summed E-state index contributed by atoms with van der Waals surface area (Å²) in [6.07, 6.45) is 2.75. The number of aromatic amines is 1. The lowest BCUT2D eigenvalue weighted by atomic mass is 10.2. The van der Waals surface area contributed by atoms with Gasteiger partial charge in [-0.3, -0.25) is 9.36 Å². The summed E-state index contributed by atoms with van der Waals surface area (Å²) in [5.41, 5.74) is -0.159. The molecule has 0 unspecified atom stereocenters. The van der Waals surface area contributed by atoms with E-state index in [-0.39, 0.29) is 12.6 Å². The first kappa shape index (κ1) is 14.0. The van der Waals surface area contributed by atoms with Crippen molar-refractivity contribution in [3.63, 3.8) is 0 Å². The van der Waals surface area contributed by atoms with Gasteiger partial charge in [0.1, 0.15) is 6.10 Å². The maximum atomic E-state index is 12.0. The molecule has 1 heterocycles. The quantitative estimate of drug-likeness (QED) is 0.479. The lowest BCUT2D eigenvalue weighted by Gasteiger charge is -2.06. The van der Waals surface area contributed by atoms with E-state index < -0.39 is 11.2 Å². The number of nitrogens with one attached hydrogen (secondary N) is 1. The summed E-state index contributed by atoms with van der Waals surface area (Å²) in [6.45, 7) is 8.97. The molecule has 0 aromatic carbocycles. The van der Waals surface area contributed by atoms with Crippen LogP contribution in [0.5, 0.6) is 0 Å². The second kappa shape index (κ2) is 6.00. The van der Waals surface area contributed by atoms with Crippen molar-refractivity contribution in [3.05, 3.63) is 45.3 Å². The van der Waals surface area contributed by atoms with Crippen molar-refractivity contribution >= 4 is 5.71 Å². The van der Waals surface area contributed by atoms with E-state index in [4.69, 9.17) is 4.84 Å². The molecule has 6 nitrogen and oxygen atoms in total. The Hall–Kier alpha value is -2.11. The van der Waals surface area contributed by atoms with Crippen LogP contribution in [0.25, 0.3) is 0 Å². The summed E-state index contributed by atoms with van der Waals surface area (Å²) in [5.74, 6) is 0. The number of hydrogen-bond donors (Lipinski definition) is 1. The zero-order valence-electron chi connectivity index (χ0n) is 10.8. The van der Waals surface area contributed by atoms with Gasteiger partial charge in [-0.1, -0.05) is 11.2 Å². The van der Waals surface area contributed by atoms with E-state index in [9.17, 15) is 9.59 Å². The molecule has 0 atom stereocenters. The van der Waals surface area contributed by atoms with Gasteiger partial charge in [-0.15, -0.1) is 6.58 Å². The average molecular weight is 251 g/mol. The molecular formula is C12H17N3O3. The first-order valence-electron chi connectivity index (χ1n) is 5.61. The van der Waals surface area contributed by atoms with Gasteiger partial charge in [0.2, 0.25) is 0 Å². The Morgan fingerprint density at radius 1 is 1.61 bits per heavy atom. The third-order valence-electron chi connectivity index (χ3n) is 2.16. The van der Waals surface area contributed by atoms with E-state index in [2.05, 4.69) is 16.7 Å². The minimum absolute atomic E-state index is 0.0712. The van der Waals surface area contributed by atoms with Gasteiger partial charge in [0.05, 0.1) is 11.3 Å². The molecule has 0 aliphatic heterocycles. The molecule has 1 rings (SSSR count). The predicted octanol–water partition coefficient (Wildman–Crippen LogP) is 0.872. The minimum Gasteiger partial charge on any atom is -0.393 e. The molecule has 0 saturated heterocycles. The molecule has 98 valence electrons. The maximum absolute atomic E-state index is 12.0. The normalized spacial score (nSPS) is 11.7. The van der Waals surface area contributed by atoms with Crippen LogP contribution in [0.15, 0.2) is 33.6 Å². The highest BCUT2D eigenvalue weighted by Gasteiger charge is 2.09. The topological polar surface area (TPSA) is 76.4 Å². The Balaban J connectivity index is 3.23. The van der Waals surface area contributed by atoms with E-state index in [1.807, 2.05) is 13.8 Å². The maximum Gasteiger partial charge on any atom is 0.328 e. The monoisotopic (exact) mass is 251 g/mol. The fraction of sp³-hybridized carbons (Fsp3) is 0.417. The summed E-state index contributed by atoms with van der Waals surface area (Å²) < 4.78 is 1.05. The summed E-state index contributed by atoms with van der Waals surface area (Å²) in [4.78, 5) is 31.0. The lowest BCUT2D eigenvalue weighted by molar-refractivity contribution is 0.0860. The zero-order chi connectivity index (χ0) is 13.7. The summed E-state index contributed by atoms with van der Waals surface area (Å²) in [5, 5.41) is 3.84. The molecule has 18 heavy (non-hydrogen) atoms.